The summed E-state index contributed by atoms with van der Waals surface area (Å²) in [6.07, 6.45) is 4.59. The summed E-state index contributed by atoms with van der Waals surface area (Å²) in [4.78, 5) is 16.7. The van der Waals surface area contributed by atoms with Crippen molar-refractivity contribution in [2.24, 2.45) is 0 Å². The van der Waals surface area contributed by atoms with E-state index in [4.69, 9.17) is 4.74 Å². The van der Waals surface area contributed by atoms with E-state index in [1.807, 2.05) is 71.4 Å². The summed E-state index contributed by atoms with van der Waals surface area (Å²) in [5.74, 6) is 0.543. The van der Waals surface area contributed by atoms with E-state index in [1.54, 1.807) is 0 Å². The summed E-state index contributed by atoms with van der Waals surface area (Å²) < 4.78 is 8.68. The van der Waals surface area contributed by atoms with Crippen molar-refractivity contribution in [3.05, 3.63) is 100 Å². The van der Waals surface area contributed by atoms with Gasteiger partial charge in [0.05, 0.1) is 12.2 Å². The van der Waals surface area contributed by atoms with Crippen LogP contribution in [0.4, 0.5) is 0 Å². The number of rotatable bonds is 7. The molecule has 1 amide bonds. The minimum absolute atomic E-state index is 0.0370. The zero-order valence-corrected chi connectivity index (χ0v) is 17.3. The molecule has 2 aromatic heterocycles. The van der Waals surface area contributed by atoms with E-state index in [0.29, 0.717) is 6.54 Å². The molecule has 2 heterocycles. The maximum atomic E-state index is 12.3. The molecule has 29 heavy (non-hydrogen) atoms. The minimum Gasteiger partial charge on any atom is -0.483 e. The average molecular weight is 450 g/mol. The molecule has 0 saturated carbocycles. The molecular formula is C23H20BrN3O2. The predicted molar refractivity (Wildman–Crippen MR) is 116 cm³/mol. The summed E-state index contributed by atoms with van der Waals surface area (Å²) in [5.41, 5.74) is 3.88. The van der Waals surface area contributed by atoms with Crippen LogP contribution in [0.1, 0.15) is 16.8 Å². The Hall–Kier alpha value is -3.12. The Morgan fingerprint density at radius 3 is 2.66 bits per heavy atom. The molecule has 4 rings (SSSR count). The van der Waals surface area contributed by atoms with Gasteiger partial charge in [0.1, 0.15) is 11.4 Å². The molecule has 146 valence electrons. The van der Waals surface area contributed by atoms with Crippen LogP contribution in [0.3, 0.4) is 0 Å². The van der Waals surface area contributed by atoms with Crippen LogP contribution in [0, 0.1) is 0 Å². The standard InChI is InChI=1S/C23H20BrN3O2/c24-19-10-11-22-26-20(15-27(22)14-19)13-25-23(28)16-29-21-9-5-4-8-18(21)12-17-6-2-1-3-7-17/h1-11,14-15H,12-13,16H2,(H,25,28). The lowest BCUT2D eigenvalue weighted by Gasteiger charge is -2.11. The number of pyridine rings is 1. The van der Waals surface area contributed by atoms with Crippen LogP contribution < -0.4 is 10.1 Å². The maximum Gasteiger partial charge on any atom is 0.258 e. The van der Waals surface area contributed by atoms with Crippen molar-refractivity contribution in [2.45, 2.75) is 13.0 Å². The fraction of sp³-hybridized carbons (Fsp3) is 0.130. The molecule has 0 aliphatic heterocycles. The van der Waals surface area contributed by atoms with Gasteiger partial charge in [-0.25, -0.2) is 4.98 Å². The minimum atomic E-state index is -0.183. The Morgan fingerprint density at radius 1 is 1.00 bits per heavy atom. The number of para-hydroxylation sites is 1. The van der Waals surface area contributed by atoms with Crippen LogP contribution >= 0.6 is 15.9 Å². The lowest BCUT2D eigenvalue weighted by Crippen LogP contribution is -2.28. The number of carbonyl (C=O) groups is 1. The molecule has 1 N–H and O–H groups in total. The van der Waals surface area contributed by atoms with Gasteiger partial charge in [0.25, 0.3) is 5.91 Å². The first-order chi connectivity index (χ1) is 14.2. The number of nitrogens with one attached hydrogen (secondary N) is 1. The molecule has 6 heteroatoms. The van der Waals surface area contributed by atoms with Crippen molar-refractivity contribution in [3.63, 3.8) is 0 Å². The molecule has 0 radical (unpaired) electrons. The second-order valence-corrected chi connectivity index (χ2v) is 7.60. The van der Waals surface area contributed by atoms with Gasteiger partial charge in [0.15, 0.2) is 6.61 Å². The Kier molecular flexibility index (Phi) is 5.91. The van der Waals surface area contributed by atoms with E-state index in [-0.39, 0.29) is 12.5 Å². The number of imidazole rings is 1. The first kappa shape index (κ1) is 19.2. The van der Waals surface area contributed by atoms with E-state index in [1.165, 1.54) is 5.56 Å². The Morgan fingerprint density at radius 2 is 1.79 bits per heavy atom. The summed E-state index contributed by atoms with van der Waals surface area (Å²) in [6.45, 7) is 0.317. The number of nitrogens with zero attached hydrogens (tertiary/aromatic N) is 2. The summed E-state index contributed by atoms with van der Waals surface area (Å²) >= 11 is 3.44. The number of amides is 1. The molecule has 0 saturated heterocycles. The Bertz CT molecular complexity index is 1130. The fourth-order valence-electron chi connectivity index (χ4n) is 3.09. The third-order valence-corrected chi connectivity index (χ3v) is 4.97. The van der Waals surface area contributed by atoms with E-state index in [2.05, 4.69) is 38.4 Å². The predicted octanol–water partition coefficient (Wildman–Crippen LogP) is 4.38. The number of aromatic nitrogens is 2. The summed E-state index contributed by atoms with van der Waals surface area (Å²) in [5, 5.41) is 2.86. The fourth-order valence-corrected chi connectivity index (χ4v) is 3.45. The molecule has 0 aliphatic rings. The third kappa shape index (κ3) is 5.03. The molecule has 4 aromatic rings. The lowest BCUT2D eigenvalue weighted by atomic mass is 10.0. The van der Waals surface area contributed by atoms with Crippen LogP contribution in [0.25, 0.3) is 5.65 Å². The maximum absolute atomic E-state index is 12.3. The lowest BCUT2D eigenvalue weighted by molar-refractivity contribution is -0.123. The van der Waals surface area contributed by atoms with Crippen LogP contribution in [0.15, 0.2) is 83.6 Å². The summed E-state index contributed by atoms with van der Waals surface area (Å²) in [6, 6.07) is 21.9. The number of benzene rings is 2. The first-order valence-corrected chi connectivity index (χ1v) is 10.1. The zero-order chi connectivity index (χ0) is 20.1. The van der Waals surface area contributed by atoms with Gasteiger partial charge >= 0.3 is 0 Å². The van der Waals surface area contributed by atoms with Crippen LogP contribution in [0.5, 0.6) is 5.75 Å². The van der Waals surface area contributed by atoms with Crippen LogP contribution in [0.2, 0.25) is 0 Å². The molecule has 0 atom stereocenters. The first-order valence-electron chi connectivity index (χ1n) is 9.32. The molecule has 2 aromatic carbocycles. The molecule has 0 spiro atoms. The SMILES string of the molecule is O=C(COc1ccccc1Cc1ccccc1)NCc1cn2cc(Br)ccc2n1. The van der Waals surface area contributed by atoms with Gasteiger partial charge in [0.2, 0.25) is 0 Å². The highest BCUT2D eigenvalue weighted by atomic mass is 79.9. The molecule has 0 aliphatic carbocycles. The van der Waals surface area contributed by atoms with E-state index in [9.17, 15) is 4.79 Å². The highest BCUT2D eigenvalue weighted by Crippen LogP contribution is 2.21. The van der Waals surface area contributed by atoms with Crippen molar-refractivity contribution in [1.82, 2.24) is 14.7 Å². The Labute approximate surface area is 177 Å². The smallest absolute Gasteiger partial charge is 0.258 e. The van der Waals surface area contributed by atoms with E-state index >= 15 is 0 Å². The molecular weight excluding hydrogens is 430 g/mol. The third-order valence-electron chi connectivity index (χ3n) is 4.50. The van der Waals surface area contributed by atoms with Crippen molar-refractivity contribution in [3.8, 4) is 5.75 Å². The van der Waals surface area contributed by atoms with Crippen molar-refractivity contribution >= 4 is 27.5 Å². The normalized spacial score (nSPS) is 10.8. The number of carbonyl (C=O) groups excluding carboxylic acids is 1. The number of fused-ring (bicyclic) bond motifs is 1. The topological polar surface area (TPSA) is 55.6 Å². The monoisotopic (exact) mass is 449 g/mol. The van der Waals surface area contributed by atoms with Gasteiger partial charge in [-0.05, 0) is 45.3 Å². The zero-order valence-electron chi connectivity index (χ0n) is 15.7. The van der Waals surface area contributed by atoms with Gasteiger partial charge in [-0.15, -0.1) is 0 Å². The van der Waals surface area contributed by atoms with Crippen molar-refractivity contribution in [1.29, 1.82) is 0 Å². The number of hydrogen-bond donors (Lipinski definition) is 1. The van der Waals surface area contributed by atoms with E-state index in [0.717, 1.165) is 33.5 Å². The van der Waals surface area contributed by atoms with Crippen molar-refractivity contribution < 1.29 is 9.53 Å². The largest absolute Gasteiger partial charge is 0.483 e. The highest BCUT2D eigenvalue weighted by Gasteiger charge is 2.09. The number of halogens is 1. The second kappa shape index (κ2) is 8.92. The van der Waals surface area contributed by atoms with Crippen LogP contribution in [-0.4, -0.2) is 21.9 Å². The molecule has 0 bridgehead atoms. The molecule has 0 unspecified atom stereocenters. The van der Waals surface area contributed by atoms with E-state index < -0.39 is 0 Å². The second-order valence-electron chi connectivity index (χ2n) is 6.68. The van der Waals surface area contributed by atoms with Gasteiger partial charge in [-0.3, -0.25) is 4.79 Å². The number of hydrogen-bond acceptors (Lipinski definition) is 3. The number of ether oxygens (including phenoxy) is 1. The quantitative estimate of drug-likeness (QED) is 0.455. The van der Waals surface area contributed by atoms with Crippen molar-refractivity contribution in [2.75, 3.05) is 6.61 Å². The molecule has 5 nitrogen and oxygen atoms in total. The molecule has 0 fully saturated rings. The summed E-state index contributed by atoms with van der Waals surface area (Å²) in [7, 11) is 0. The Balaban J connectivity index is 1.33. The van der Waals surface area contributed by atoms with Gasteiger partial charge in [-0.2, -0.15) is 0 Å². The van der Waals surface area contributed by atoms with Crippen LogP contribution in [-0.2, 0) is 17.8 Å². The average Bonchev–Trinajstić information content (AvgIpc) is 3.14. The van der Waals surface area contributed by atoms with Gasteiger partial charge < -0.3 is 14.5 Å². The van der Waals surface area contributed by atoms with Gasteiger partial charge in [-0.1, -0.05) is 48.5 Å². The van der Waals surface area contributed by atoms with Gasteiger partial charge in [0, 0.05) is 23.3 Å². The highest BCUT2D eigenvalue weighted by molar-refractivity contribution is 9.10.